The van der Waals surface area contributed by atoms with E-state index in [1.54, 1.807) is 0 Å². The SMILES string of the molecule is Nc1ncnc2c1c(C(=O)O)cn2C1O[C@H](CO)[C@@H](O)[C@H]1O. The Kier molecular flexibility index (Phi) is 3.45. The van der Waals surface area contributed by atoms with Gasteiger partial charge in [0.15, 0.2) is 6.23 Å². The number of nitrogen functional groups attached to an aromatic ring is 1. The molecule has 2 aromatic heterocycles. The molecule has 1 aliphatic heterocycles. The summed E-state index contributed by atoms with van der Waals surface area (Å²) in [6, 6.07) is 0. The van der Waals surface area contributed by atoms with Gasteiger partial charge in [0, 0.05) is 6.20 Å². The van der Waals surface area contributed by atoms with Crippen LogP contribution in [0.1, 0.15) is 16.6 Å². The summed E-state index contributed by atoms with van der Waals surface area (Å²) in [5.74, 6) is -1.26. The highest BCUT2D eigenvalue weighted by Gasteiger charge is 2.44. The van der Waals surface area contributed by atoms with Crippen LogP contribution in [-0.4, -0.2) is 65.8 Å². The number of ether oxygens (including phenoxy) is 1. The number of nitrogens with zero attached hydrogens (tertiary/aromatic N) is 3. The number of aliphatic hydroxyl groups is 3. The summed E-state index contributed by atoms with van der Waals surface area (Å²) in [6.07, 6.45) is -2.38. The first-order valence-electron chi connectivity index (χ1n) is 6.42. The standard InChI is InChI=1S/C12H14N4O6/c13-9-6-4(12(20)21)1-16(10(6)15-3-14-9)11-8(19)7(18)5(2-17)22-11/h1,3,5,7-8,11,17-19H,2H2,(H,20,21)(H2,13,14,15)/t5-,7-,8-,11?/m1/s1. The van der Waals surface area contributed by atoms with Crippen molar-refractivity contribution in [3.63, 3.8) is 0 Å². The fourth-order valence-electron chi connectivity index (χ4n) is 2.57. The van der Waals surface area contributed by atoms with Gasteiger partial charge < -0.3 is 35.5 Å². The number of carboxylic acids is 1. The highest BCUT2D eigenvalue weighted by Crippen LogP contribution is 2.34. The maximum atomic E-state index is 11.3. The lowest BCUT2D eigenvalue weighted by Gasteiger charge is -2.17. The molecule has 0 saturated carbocycles. The van der Waals surface area contributed by atoms with Crippen molar-refractivity contribution in [2.24, 2.45) is 0 Å². The third-order valence-electron chi connectivity index (χ3n) is 3.66. The molecule has 1 saturated heterocycles. The van der Waals surface area contributed by atoms with Crippen LogP contribution in [0.5, 0.6) is 0 Å². The third kappa shape index (κ3) is 2.01. The molecule has 1 unspecified atom stereocenters. The normalized spacial score (nSPS) is 28.3. The van der Waals surface area contributed by atoms with E-state index in [1.807, 2.05) is 0 Å². The number of hydrogen-bond donors (Lipinski definition) is 5. The quantitative estimate of drug-likeness (QED) is 0.445. The molecule has 1 fully saturated rings. The Labute approximate surface area is 123 Å². The van der Waals surface area contributed by atoms with Gasteiger partial charge in [0.2, 0.25) is 0 Å². The molecular formula is C12H14N4O6. The summed E-state index contributed by atoms with van der Waals surface area (Å²) in [6.45, 7) is -0.489. The van der Waals surface area contributed by atoms with Crippen molar-refractivity contribution in [3.05, 3.63) is 18.1 Å². The number of aromatic carboxylic acids is 1. The predicted octanol–water partition coefficient (Wildman–Crippen LogP) is -1.68. The van der Waals surface area contributed by atoms with Crippen LogP contribution in [0.3, 0.4) is 0 Å². The van der Waals surface area contributed by atoms with E-state index >= 15 is 0 Å². The highest BCUT2D eigenvalue weighted by atomic mass is 16.6. The molecule has 118 valence electrons. The van der Waals surface area contributed by atoms with Gasteiger partial charge in [-0.3, -0.25) is 0 Å². The number of hydrogen-bond acceptors (Lipinski definition) is 8. The third-order valence-corrected chi connectivity index (χ3v) is 3.66. The van der Waals surface area contributed by atoms with Crippen LogP contribution in [-0.2, 0) is 4.74 Å². The van der Waals surface area contributed by atoms with Crippen molar-refractivity contribution in [3.8, 4) is 0 Å². The van der Waals surface area contributed by atoms with Crippen molar-refractivity contribution < 1.29 is 30.0 Å². The van der Waals surface area contributed by atoms with Gasteiger partial charge in [-0.05, 0) is 0 Å². The van der Waals surface area contributed by atoms with Crippen molar-refractivity contribution in [2.45, 2.75) is 24.5 Å². The van der Waals surface area contributed by atoms with Crippen molar-refractivity contribution in [2.75, 3.05) is 12.3 Å². The van der Waals surface area contributed by atoms with Crippen LogP contribution in [0.4, 0.5) is 5.82 Å². The highest BCUT2D eigenvalue weighted by molar-refractivity contribution is 6.06. The molecule has 0 amide bonds. The Morgan fingerprint density at radius 1 is 1.36 bits per heavy atom. The largest absolute Gasteiger partial charge is 0.478 e. The van der Waals surface area contributed by atoms with E-state index in [2.05, 4.69) is 9.97 Å². The van der Waals surface area contributed by atoms with Gasteiger partial charge in [-0.25, -0.2) is 14.8 Å². The number of rotatable bonds is 3. The molecule has 10 heteroatoms. The summed E-state index contributed by atoms with van der Waals surface area (Å²) >= 11 is 0. The number of aliphatic hydroxyl groups excluding tert-OH is 3. The first-order valence-corrected chi connectivity index (χ1v) is 6.42. The fourth-order valence-corrected chi connectivity index (χ4v) is 2.57. The Morgan fingerprint density at radius 2 is 2.09 bits per heavy atom. The van der Waals surface area contributed by atoms with Crippen LogP contribution in [0.2, 0.25) is 0 Å². The van der Waals surface area contributed by atoms with Gasteiger partial charge in [0.05, 0.1) is 17.6 Å². The Bertz CT molecular complexity index is 732. The number of nitrogens with two attached hydrogens (primary N) is 1. The van der Waals surface area contributed by atoms with Crippen LogP contribution in [0.15, 0.2) is 12.5 Å². The van der Waals surface area contributed by atoms with E-state index in [4.69, 9.17) is 15.6 Å². The van der Waals surface area contributed by atoms with Crippen molar-refractivity contribution >= 4 is 22.8 Å². The fraction of sp³-hybridized carbons (Fsp3) is 0.417. The summed E-state index contributed by atoms with van der Waals surface area (Å²) < 4.78 is 6.65. The monoisotopic (exact) mass is 310 g/mol. The number of aromatic nitrogens is 3. The molecule has 0 bridgehead atoms. The first kappa shape index (κ1) is 14.7. The van der Waals surface area contributed by atoms with E-state index in [0.717, 1.165) is 6.33 Å². The molecule has 22 heavy (non-hydrogen) atoms. The van der Waals surface area contributed by atoms with Gasteiger partial charge in [-0.2, -0.15) is 0 Å². The summed E-state index contributed by atoms with van der Waals surface area (Å²) in [5, 5.41) is 38.4. The van der Waals surface area contributed by atoms with E-state index in [-0.39, 0.29) is 22.4 Å². The van der Waals surface area contributed by atoms with E-state index < -0.39 is 37.1 Å². The average molecular weight is 310 g/mol. The minimum atomic E-state index is -1.36. The lowest BCUT2D eigenvalue weighted by molar-refractivity contribution is -0.0509. The predicted molar refractivity (Wildman–Crippen MR) is 71.9 cm³/mol. The smallest absolute Gasteiger partial charge is 0.338 e. The Hall–Kier alpha value is -2.27. The lowest BCUT2D eigenvalue weighted by atomic mass is 10.1. The summed E-state index contributed by atoms with van der Waals surface area (Å²) in [5.41, 5.74) is 5.71. The molecule has 1 aliphatic rings. The average Bonchev–Trinajstić information content (AvgIpc) is 3.00. The van der Waals surface area contributed by atoms with Gasteiger partial charge in [-0.1, -0.05) is 0 Å². The second-order valence-corrected chi connectivity index (χ2v) is 4.94. The maximum absolute atomic E-state index is 11.3. The molecule has 4 atom stereocenters. The Morgan fingerprint density at radius 3 is 2.68 bits per heavy atom. The molecular weight excluding hydrogens is 296 g/mol. The van der Waals surface area contributed by atoms with Crippen LogP contribution in [0.25, 0.3) is 11.0 Å². The molecule has 10 nitrogen and oxygen atoms in total. The topological polar surface area (TPSA) is 164 Å². The van der Waals surface area contributed by atoms with Crippen molar-refractivity contribution in [1.29, 1.82) is 0 Å². The number of anilines is 1. The zero-order valence-corrected chi connectivity index (χ0v) is 11.2. The maximum Gasteiger partial charge on any atom is 0.338 e. The zero-order chi connectivity index (χ0) is 16.0. The van der Waals surface area contributed by atoms with E-state index in [9.17, 15) is 20.1 Å². The molecule has 6 N–H and O–H groups in total. The molecule has 3 rings (SSSR count). The second-order valence-electron chi connectivity index (χ2n) is 4.94. The zero-order valence-electron chi connectivity index (χ0n) is 11.2. The molecule has 0 aromatic carbocycles. The second kappa shape index (κ2) is 5.18. The lowest BCUT2D eigenvalue weighted by Crippen LogP contribution is -2.33. The van der Waals surface area contributed by atoms with Gasteiger partial charge in [0.1, 0.15) is 36.1 Å². The molecule has 0 spiro atoms. The van der Waals surface area contributed by atoms with Crippen molar-refractivity contribution in [1.82, 2.24) is 14.5 Å². The first-order chi connectivity index (χ1) is 10.5. The Balaban J connectivity index is 2.16. The molecule has 0 radical (unpaired) electrons. The van der Waals surface area contributed by atoms with Gasteiger partial charge in [0.25, 0.3) is 0 Å². The van der Waals surface area contributed by atoms with Crippen LogP contribution in [0, 0.1) is 0 Å². The number of fused-ring (bicyclic) bond motifs is 1. The molecule has 0 aliphatic carbocycles. The molecule has 2 aromatic rings. The van der Waals surface area contributed by atoms with E-state index in [1.165, 1.54) is 10.8 Å². The molecule has 3 heterocycles. The van der Waals surface area contributed by atoms with Gasteiger partial charge in [-0.15, -0.1) is 0 Å². The summed E-state index contributed by atoms with van der Waals surface area (Å²) in [7, 11) is 0. The van der Waals surface area contributed by atoms with Gasteiger partial charge >= 0.3 is 5.97 Å². The summed E-state index contributed by atoms with van der Waals surface area (Å²) in [4.78, 5) is 19.1. The number of carboxylic acid groups (broad SMARTS) is 1. The van der Waals surface area contributed by atoms with Crippen LogP contribution < -0.4 is 5.73 Å². The van der Waals surface area contributed by atoms with E-state index in [0.29, 0.717) is 0 Å². The van der Waals surface area contributed by atoms with Crippen LogP contribution >= 0.6 is 0 Å². The minimum absolute atomic E-state index is 0.0205. The minimum Gasteiger partial charge on any atom is -0.478 e. The number of carbonyl (C=O) groups is 1.